The Hall–Kier alpha value is -3.08. The molecule has 1 aliphatic carbocycles. The summed E-state index contributed by atoms with van der Waals surface area (Å²) < 4.78 is 28.8. The first-order valence-electron chi connectivity index (χ1n) is 13.3. The highest BCUT2D eigenvalue weighted by atomic mass is 19.1. The van der Waals surface area contributed by atoms with Crippen molar-refractivity contribution in [3.8, 4) is 5.75 Å². The van der Waals surface area contributed by atoms with Crippen LogP contribution in [0.15, 0.2) is 42.6 Å². The number of hydrogen-bond acceptors (Lipinski definition) is 7. The van der Waals surface area contributed by atoms with Gasteiger partial charge >= 0.3 is 0 Å². The molecule has 210 valence electrons. The molecule has 2 fully saturated rings. The van der Waals surface area contributed by atoms with E-state index in [2.05, 4.69) is 20.9 Å². The van der Waals surface area contributed by atoms with Gasteiger partial charge in [-0.25, -0.2) is 4.39 Å². The summed E-state index contributed by atoms with van der Waals surface area (Å²) in [6, 6.07) is 9.47. The van der Waals surface area contributed by atoms with Crippen molar-refractivity contribution < 1.29 is 28.2 Å². The van der Waals surface area contributed by atoms with Crippen LogP contribution in [0, 0.1) is 5.82 Å². The van der Waals surface area contributed by atoms with Gasteiger partial charge in [-0.1, -0.05) is 19.9 Å². The topological polar surface area (TPSA) is 111 Å². The van der Waals surface area contributed by atoms with Crippen LogP contribution in [0.1, 0.15) is 56.9 Å². The molecule has 2 heterocycles. The number of aromatic nitrogens is 1. The maximum absolute atomic E-state index is 12.6. The molecule has 2 aliphatic rings. The van der Waals surface area contributed by atoms with Crippen molar-refractivity contribution in [1.82, 2.24) is 15.6 Å². The maximum atomic E-state index is 12.6. The molecular formula is C28H41FN4O5. The van der Waals surface area contributed by atoms with E-state index in [0.717, 1.165) is 25.8 Å². The van der Waals surface area contributed by atoms with E-state index in [1.165, 1.54) is 18.3 Å². The van der Waals surface area contributed by atoms with E-state index in [0.29, 0.717) is 43.7 Å². The minimum Gasteiger partial charge on any atom is -0.490 e. The highest BCUT2D eigenvalue weighted by Crippen LogP contribution is 2.26. The molecule has 4 rings (SSSR count). The standard InChI is InChI=1S/C17H26N4O4.C9H9FO.C2H6/c1-12-3-4-15(25-12)17(23)21-13-5-6-19-14(11-13)16(22)20-8-10-24-9-7-18-2;10-7-2-1-3-9(6-7)11-8-4-5-8;1-2/h5-6,11-12,15,18H,3-4,7-10H2,1-2H3,(H,20,22)(H,19,21,23);1-3,6,8H,4-5H2;1-2H3. The van der Waals surface area contributed by atoms with Gasteiger partial charge in [0.25, 0.3) is 11.8 Å². The number of ether oxygens (including phenoxy) is 3. The number of nitrogens with one attached hydrogen (secondary N) is 3. The molecule has 3 N–H and O–H groups in total. The van der Waals surface area contributed by atoms with Crippen LogP contribution in [0.5, 0.6) is 5.75 Å². The molecule has 1 aromatic heterocycles. The highest BCUT2D eigenvalue weighted by Gasteiger charge is 2.28. The average molecular weight is 533 g/mol. The van der Waals surface area contributed by atoms with E-state index < -0.39 is 6.10 Å². The molecule has 2 unspecified atom stereocenters. The number of benzene rings is 1. The molecule has 2 amide bonds. The van der Waals surface area contributed by atoms with Crippen LogP contribution in [0.3, 0.4) is 0 Å². The van der Waals surface area contributed by atoms with Gasteiger partial charge < -0.3 is 30.2 Å². The SMILES string of the molecule is CC.CNCCOCCNC(=O)c1cc(NC(=O)C2CCC(C)O2)ccn1.Fc1cccc(OC2CC2)c1. The molecule has 0 bridgehead atoms. The molecule has 1 saturated carbocycles. The van der Waals surface area contributed by atoms with Crippen molar-refractivity contribution in [3.05, 3.63) is 54.1 Å². The zero-order chi connectivity index (χ0) is 27.8. The second kappa shape index (κ2) is 17.4. The van der Waals surface area contributed by atoms with Gasteiger partial charge in [-0.3, -0.25) is 14.6 Å². The Kier molecular flexibility index (Phi) is 14.3. The molecule has 38 heavy (non-hydrogen) atoms. The first-order valence-corrected chi connectivity index (χ1v) is 13.3. The Morgan fingerprint density at radius 2 is 1.84 bits per heavy atom. The summed E-state index contributed by atoms with van der Waals surface area (Å²) in [6.07, 6.45) is 5.30. The van der Waals surface area contributed by atoms with Gasteiger partial charge in [0.15, 0.2) is 0 Å². The Bertz CT molecular complexity index is 989. The number of amides is 2. The van der Waals surface area contributed by atoms with Gasteiger partial charge in [-0.05, 0) is 63.9 Å². The van der Waals surface area contributed by atoms with Crippen molar-refractivity contribution in [2.24, 2.45) is 0 Å². The fourth-order valence-electron chi connectivity index (χ4n) is 3.37. The molecule has 2 atom stereocenters. The van der Waals surface area contributed by atoms with Crippen LogP contribution in [0.4, 0.5) is 10.1 Å². The fourth-order valence-corrected chi connectivity index (χ4v) is 3.37. The van der Waals surface area contributed by atoms with Gasteiger partial charge in [-0.15, -0.1) is 0 Å². The smallest absolute Gasteiger partial charge is 0.270 e. The van der Waals surface area contributed by atoms with Gasteiger partial charge in [0.05, 0.1) is 25.4 Å². The van der Waals surface area contributed by atoms with Crippen LogP contribution in [0.2, 0.25) is 0 Å². The van der Waals surface area contributed by atoms with Crippen molar-refractivity contribution in [3.63, 3.8) is 0 Å². The molecular weight excluding hydrogens is 491 g/mol. The Labute approximate surface area is 224 Å². The van der Waals surface area contributed by atoms with Crippen LogP contribution < -0.4 is 20.7 Å². The number of carbonyl (C=O) groups is 2. The third-order valence-corrected chi connectivity index (χ3v) is 5.44. The lowest BCUT2D eigenvalue weighted by molar-refractivity contribution is -0.126. The molecule has 1 aromatic carbocycles. The van der Waals surface area contributed by atoms with E-state index in [-0.39, 0.29) is 29.4 Å². The molecule has 0 spiro atoms. The minimum atomic E-state index is -0.435. The highest BCUT2D eigenvalue weighted by molar-refractivity contribution is 5.97. The maximum Gasteiger partial charge on any atom is 0.270 e. The molecule has 1 saturated heterocycles. The quantitative estimate of drug-likeness (QED) is 0.376. The lowest BCUT2D eigenvalue weighted by Crippen LogP contribution is -2.29. The van der Waals surface area contributed by atoms with E-state index in [1.807, 2.05) is 27.8 Å². The second-order valence-corrected chi connectivity index (χ2v) is 8.68. The summed E-state index contributed by atoms with van der Waals surface area (Å²) in [4.78, 5) is 28.3. The van der Waals surface area contributed by atoms with Crippen molar-refractivity contribution in [2.75, 3.05) is 38.7 Å². The van der Waals surface area contributed by atoms with E-state index >= 15 is 0 Å². The first-order chi connectivity index (χ1) is 18.4. The van der Waals surface area contributed by atoms with Crippen LogP contribution in [0.25, 0.3) is 0 Å². The molecule has 1 aliphatic heterocycles. The second-order valence-electron chi connectivity index (χ2n) is 8.68. The van der Waals surface area contributed by atoms with Gasteiger partial charge in [0.2, 0.25) is 0 Å². The normalized spacial score (nSPS) is 17.8. The van der Waals surface area contributed by atoms with Crippen molar-refractivity contribution in [1.29, 1.82) is 0 Å². The Morgan fingerprint density at radius 3 is 2.50 bits per heavy atom. The predicted octanol–water partition coefficient (Wildman–Crippen LogP) is 3.95. The fraction of sp³-hybridized carbons (Fsp3) is 0.536. The predicted molar refractivity (Wildman–Crippen MR) is 145 cm³/mol. The monoisotopic (exact) mass is 532 g/mol. The number of halogens is 1. The molecule has 0 radical (unpaired) electrons. The summed E-state index contributed by atoms with van der Waals surface area (Å²) in [5.41, 5.74) is 0.771. The van der Waals surface area contributed by atoms with Gasteiger partial charge in [0.1, 0.15) is 23.4 Å². The van der Waals surface area contributed by atoms with Crippen LogP contribution in [-0.2, 0) is 14.3 Å². The third kappa shape index (κ3) is 12.0. The Morgan fingerprint density at radius 1 is 1.08 bits per heavy atom. The number of anilines is 1. The van der Waals surface area contributed by atoms with E-state index in [1.54, 1.807) is 24.3 Å². The van der Waals surface area contributed by atoms with E-state index in [4.69, 9.17) is 14.2 Å². The van der Waals surface area contributed by atoms with E-state index in [9.17, 15) is 14.0 Å². The third-order valence-electron chi connectivity index (χ3n) is 5.44. The number of likely N-dealkylation sites (N-methyl/N-ethyl adjacent to an activating group) is 1. The molecule has 9 nitrogen and oxygen atoms in total. The largest absolute Gasteiger partial charge is 0.490 e. The number of carbonyl (C=O) groups excluding carboxylic acids is 2. The number of nitrogens with zero attached hydrogens (tertiary/aromatic N) is 1. The Balaban J connectivity index is 0.000000321. The summed E-state index contributed by atoms with van der Waals surface area (Å²) in [5.74, 6) is -0.0884. The molecule has 10 heteroatoms. The van der Waals surface area contributed by atoms with Gasteiger partial charge in [-0.2, -0.15) is 0 Å². The van der Waals surface area contributed by atoms with Gasteiger partial charge in [0, 0.05) is 31.0 Å². The number of rotatable bonds is 11. The number of hydrogen-bond donors (Lipinski definition) is 3. The lowest BCUT2D eigenvalue weighted by atomic mass is 10.2. The minimum absolute atomic E-state index is 0.102. The van der Waals surface area contributed by atoms with Crippen LogP contribution >= 0.6 is 0 Å². The van der Waals surface area contributed by atoms with Crippen molar-refractivity contribution >= 4 is 17.5 Å². The first kappa shape index (κ1) is 31.1. The zero-order valence-electron chi connectivity index (χ0n) is 22.8. The summed E-state index contributed by atoms with van der Waals surface area (Å²) in [7, 11) is 1.85. The summed E-state index contributed by atoms with van der Waals surface area (Å²) in [6.45, 7) is 8.13. The number of pyridine rings is 1. The molecule has 2 aromatic rings. The summed E-state index contributed by atoms with van der Waals surface area (Å²) >= 11 is 0. The summed E-state index contributed by atoms with van der Waals surface area (Å²) in [5, 5.41) is 8.48. The average Bonchev–Trinajstić information content (AvgIpc) is 3.63. The van der Waals surface area contributed by atoms with Crippen molar-refractivity contribution in [2.45, 2.75) is 64.8 Å². The zero-order valence-corrected chi connectivity index (χ0v) is 22.8. The van der Waals surface area contributed by atoms with Crippen LogP contribution in [-0.4, -0.2) is 68.5 Å². The lowest BCUT2D eigenvalue weighted by Gasteiger charge is -2.12.